The van der Waals surface area contributed by atoms with Crippen LogP contribution >= 0.6 is 0 Å². The summed E-state index contributed by atoms with van der Waals surface area (Å²) in [7, 11) is -7.47. The summed E-state index contributed by atoms with van der Waals surface area (Å²) in [5.41, 5.74) is 1.70. The van der Waals surface area contributed by atoms with Crippen LogP contribution in [0.15, 0.2) is 52.3 Å². The SMILES string of the molecule is Cc1cc(S(=O)(=O)Nc2ccc(S(=O)(=O)N3CCCCCC3)cc2)ccc1N1CCCC1=O. The third-order valence-electron chi connectivity index (χ3n) is 6.15. The molecule has 0 radical (unpaired) electrons. The fourth-order valence-electron chi connectivity index (χ4n) is 4.34. The first-order chi connectivity index (χ1) is 15.7. The zero-order valence-corrected chi connectivity index (χ0v) is 20.3. The van der Waals surface area contributed by atoms with Crippen LogP contribution in [0.3, 0.4) is 0 Å². The fourth-order valence-corrected chi connectivity index (χ4v) is 7.00. The van der Waals surface area contributed by atoms with Crippen molar-refractivity contribution >= 4 is 37.3 Å². The molecule has 2 heterocycles. The lowest BCUT2D eigenvalue weighted by Crippen LogP contribution is -2.31. The predicted molar refractivity (Wildman–Crippen MR) is 127 cm³/mol. The molecule has 0 aliphatic carbocycles. The molecule has 0 saturated carbocycles. The standard InChI is InChI=1S/C23H29N3O5S2/c1-18-17-21(12-13-22(18)26-16-6-7-23(26)27)32(28,29)24-19-8-10-20(11-9-19)33(30,31)25-14-4-2-3-5-15-25/h8-13,17,24H,2-7,14-16H2,1H3. The van der Waals surface area contributed by atoms with Crippen LogP contribution in [0.25, 0.3) is 0 Å². The molecule has 0 aromatic heterocycles. The number of carbonyl (C=O) groups excluding carboxylic acids is 1. The second-order valence-corrected chi connectivity index (χ2v) is 12.2. The van der Waals surface area contributed by atoms with Gasteiger partial charge in [0, 0.05) is 37.4 Å². The Morgan fingerprint density at radius 2 is 1.42 bits per heavy atom. The monoisotopic (exact) mass is 491 g/mol. The summed E-state index contributed by atoms with van der Waals surface area (Å²) in [6, 6.07) is 10.5. The topological polar surface area (TPSA) is 104 Å². The number of nitrogens with one attached hydrogen (secondary N) is 1. The van der Waals surface area contributed by atoms with Crippen molar-refractivity contribution in [1.82, 2.24) is 4.31 Å². The lowest BCUT2D eigenvalue weighted by atomic mass is 10.2. The van der Waals surface area contributed by atoms with Gasteiger partial charge in [-0.05, 0) is 74.2 Å². The molecule has 1 N–H and O–H groups in total. The highest BCUT2D eigenvalue weighted by Crippen LogP contribution is 2.28. The Labute approximate surface area is 195 Å². The van der Waals surface area contributed by atoms with E-state index in [0.29, 0.717) is 31.6 Å². The quantitative estimate of drug-likeness (QED) is 0.666. The van der Waals surface area contributed by atoms with Crippen molar-refractivity contribution in [1.29, 1.82) is 0 Å². The Hall–Kier alpha value is -2.43. The van der Waals surface area contributed by atoms with Gasteiger partial charge in [0.15, 0.2) is 0 Å². The first kappa shape index (κ1) is 23.7. The minimum atomic E-state index is -3.88. The first-order valence-electron chi connectivity index (χ1n) is 11.2. The highest BCUT2D eigenvalue weighted by molar-refractivity contribution is 7.92. The molecule has 4 rings (SSSR count). The highest BCUT2D eigenvalue weighted by atomic mass is 32.2. The predicted octanol–water partition coefficient (Wildman–Crippen LogP) is 3.49. The molecule has 2 saturated heterocycles. The molecule has 10 heteroatoms. The van der Waals surface area contributed by atoms with Gasteiger partial charge in [0.05, 0.1) is 9.79 Å². The number of carbonyl (C=O) groups is 1. The van der Waals surface area contributed by atoms with Crippen molar-refractivity contribution in [3.8, 4) is 0 Å². The molecule has 2 aliphatic heterocycles. The molecule has 0 atom stereocenters. The van der Waals surface area contributed by atoms with E-state index in [2.05, 4.69) is 4.72 Å². The van der Waals surface area contributed by atoms with Crippen LogP contribution < -0.4 is 9.62 Å². The molecule has 2 aromatic carbocycles. The number of amides is 1. The van der Waals surface area contributed by atoms with Gasteiger partial charge in [-0.25, -0.2) is 16.8 Å². The summed E-state index contributed by atoms with van der Waals surface area (Å²) in [6.07, 6.45) is 5.05. The van der Waals surface area contributed by atoms with Gasteiger partial charge in [0.1, 0.15) is 0 Å². The maximum Gasteiger partial charge on any atom is 0.261 e. The van der Waals surface area contributed by atoms with Gasteiger partial charge < -0.3 is 4.90 Å². The average molecular weight is 492 g/mol. The van der Waals surface area contributed by atoms with Crippen LogP contribution in [-0.4, -0.2) is 46.7 Å². The molecule has 0 bridgehead atoms. The Morgan fingerprint density at radius 3 is 2.00 bits per heavy atom. The molecule has 33 heavy (non-hydrogen) atoms. The second-order valence-electron chi connectivity index (χ2n) is 8.55. The maximum absolute atomic E-state index is 12.9. The van der Waals surface area contributed by atoms with E-state index >= 15 is 0 Å². The lowest BCUT2D eigenvalue weighted by molar-refractivity contribution is -0.117. The molecule has 2 aromatic rings. The number of hydrogen-bond acceptors (Lipinski definition) is 5. The van der Waals surface area contributed by atoms with Crippen LogP contribution in [-0.2, 0) is 24.8 Å². The number of benzene rings is 2. The van der Waals surface area contributed by atoms with E-state index in [-0.39, 0.29) is 21.4 Å². The summed E-state index contributed by atoms with van der Waals surface area (Å²) in [5, 5.41) is 0. The van der Waals surface area contributed by atoms with Crippen LogP contribution in [0, 0.1) is 6.92 Å². The summed E-state index contributed by atoms with van der Waals surface area (Å²) in [4.78, 5) is 13.9. The van der Waals surface area contributed by atoms with Crippen LogP contribution in [0.2, 0.25) is 0 Å². The van der Waals surface area contributed by atoms with Crippen molar-refractivity contribution in [2.24, 2.45) is 0 Å². The molecule has 0 unspecified atom stereocenters. The number of nitrogens with zero attached hydrogens (tertiary/aromatic N) is 2. The molecule has 178 valence electrons. The van der Waals surface area contributed by atoms with Crippen LogP contribution in [0.5, 0.6) is 0 Å². The largest absolute Gasteiger partial charge is 0.312 e. The van der Waals surface area contributed by atoms with E-state index in [1.165, 1.54) is 34.6 Å². The third kappa shape index (κ3) is 5.07. The van der Waals surface area contributed by atoms with Gasteiger partial charge in [-0.2, -0.15) is 4.31 Å². The lowest BCUT2D eigenvalue weighted by Gasteiger charge is -2.20. The van der Waals surface area contributed by atoms with E-state index in [0.717, 1.165) is 37.8 Å². The summed E-state index contributed by atoms with van der Waals surface area (Å²) in [5.74, 6) is 0.0436. The molecular weight excluding hydrogens is 462 g/mol. The minimum absolute atomic E-state index is 0.0436. The molecule has 8 nitrogen and oxygen atoms in total. The van der Waals surface area contributed by atoms with Gasteiger partial charge in [0.25, 0.3) is 10.0 Å². The van der Waals surface area contributed by atoms with E-state index in [1.807, 2.05) is 0 Å². The van der Waals surface area contributed by atoms with E-state index < -0.39 is 20.0 Å². The van der Waals surface area contributed by atoms with E-state index in [1.54, 1.807) is 24.0 Å². The van der Waals surface area contributed by atoms with Crippen molar-refractivity contribution in [2.75, 3.05) is 29.3 Å². The zero-order valence-electron chi connectivity index (χ0n) is 18.7. The number of hydrogen-bond donors (Lipinski definition) is 1. The second kappa shape index (κ2) is 9.44. The smallest absolute Gasteiger partial charge is 0.261 e. The fraction of sp³-hybridized carbons (Fsp3) is 0.435. The van der Waals surface area contributed by atoms with Gasteiger partial charge in [-0.15, -0.1) is 0 Å². The number of anilines is 2. The van der Waals surface area contributed by atoms with Crippen molar-refractivity contribution in [2.45, 2.75) is 55.2 Å². The van der Waals surface area contributed by atoms with Crippen LogP contribution in [0.1, 0.15) is 44.1 Å². The normalized spacial score (nSPS) is 18.3. The number of aryl methyl sites for hydroxylation is 1. The Kier molecular flexibility index (Phi) is 6.78. The van der Waals surface area contributed by atoms with Gasteiger partial charge in [-0.1, -0.05) is 12.8 Å². The summed E-state index contributed by atoms with van der Waals surface area (Å²) < 4.78 is 55.7. The van der Waals surface area contributed by atoms with Gasteiger partial charge in [0.2, 0.25) is 15.9 Å². The summed E-state index contributed by atoms with van der Waals surface area (Å²) in [6.45, 7) is 3.43. The highest BCUT2D eigenvalue weighted by Gasteiger charge is 2.26. The van der Waals surface area contributed by atoms with Crippen molar-refractivity contribution in [3.63, 3.8) is 0 Å². The molecule has 1 amide bonds. The molecule has 2 fully saturated rings. The maximum atomic E-state index is 12.9. The first-order valence-corrected chi connectivity index (χ1v) is 14.1. The van der Waals surface area contributed by atoms with Gasteiger partial charge >= 0.3 is 0 Å². The molecular formula is C23H29N3O5S2. The summed E-state index contributed by atoms with van der Waals surface area (Å²) >= 11 is 0. The Bertz CT molecular complexity index is 1230. The Balaban J connectivity index is 1.50. The van der Waals surface area contributed by atoms with Gasteiger partial charge in [-0.3, -0.25) is 9.52 Å². The average Bonchev–Trinajstić information content (AvgIpc) is 3.01. The van der Waals surface area contributed by atoms with Crippen molar-refractivity contribution < 1.29 is 21.6 Å². The minimum Gasteiger partial charge on any atom is -0.312 e. The van der Waals surface area contributed by atoms with Crippen LogP contribution in [0.4, 0.5) is 11.4 Å². The Morgan fingerprint density at radius 1 is 0.788 bits per heavy atom. The number of rotatable bonds is 6. The third-order valence-corrected chi connectivity index (χ3v) is 9.44. The van der Waals surface area contributed by atoms with Crippen molar-refractivity contribution in [3.05, 3.63) is 48.0 Å². The number of sulfonamides is 2. The van der Waals surface area contributed by atoms with E-state index in [4.69, 9.17) is 0 Å². The van der Waals surface area contributed by atoms with E-state index in [9.17, 15) is 21.6 Å². The zero-order chi connectivity index (χ0) is 23.6. The molecule has 2 aliphatic rings. The molecule has 0 spiro atoms.